The number of fused-ring (bicyclic) bond motifs is 1. The Kier molecular flexibility index (Phi) is 4.46. The molecule has 0 atom stereocenters. The largest absolute Gasteiger partial charge is 0.366 e. The monoisotopic (exact) mass is 260 g/mol. The van der Waals surface area contributed by atoms with Gasteiger partial charge in [-0.1, -0.05) is 25.5 Å². The average molecular weight is 260 g/mol. The Labute approximate surface area is 116 Å². The molecule has 0 bridgehead atoms. The third kappa shape index (κ3) is 2.91. The van der Waals surface area contributed by atoms with E-state index in [9.17, 15) is 4.79 Å². The lowest BCUT2D eigenvalue weighted by atomic mass is 10.1. The van der Waals surface area contributed by atoms with Crippen molar-refractivity contribution < 1.29 is 4.79 Å². The van der Waals surface area contributed by atoms with Gasteiger partial charge in [0.25, 0.3) is 0 Å². The second-order valence-corrected chi connectivity index (χ2v) is 5.42. The number of nitrogens with zero attached hydrogens (tertiary/aromatic N) is 2. The van der Waals surface area contributed by atoms with E-state index in [1.807, 2.05) is 17.0 Å². The minimum absolute atomic E-state index is 0.262. The van der Waals surface area contributed by atoms with E-state index < -0.39 is 0 Å². The Bertz CT molecular complexity index is 442. The van der Waals surface area contributed by atoms with Crippen molar-refractivity contribution in [2.75, 3.05) is 22.9 Å². The summed E-state index contributed by atoms with van der Waals surface area (Å²) in [5, 5.41) is 0. The molecule has 104 valence electrons. The molecule has 0 N–H and O–H groups in total. The van der Waals surface area contributed by atoms with Gasteiger partial charge >= 0.3 is 0 Å². The molecule has 19 heavy (non-hydrogen) atoms. The number of carbonyl (C=O) groups excluding carboxylic acids is 1. The van der Waals surface area contributed by atoms with Crippen LogP contribution in [0.15, 0.2) is 24.3 Å². The van der Waals surface area contributed by atoms with Gasteiger partial charge in [-0.25, -0.2) is 0 Å². The molecular weight excluding hydrogens is 236 g/mol. The molecule has 1 heterocycles. The lowest BCUT2D eigenvalue weighted by molar-refractivity contribution is -0.118. The van der Waals surface area contributed by atoms with Crippen LogP contribution in [0.4, 0.5) is 11.4 Å². The number of anilines is 2. The molecule has 0 saturated heterocycles. The van der Waals surface area contributed by atoms with Gasteiger partial charge in [0.15, 0.2) is 0 Å². The Morgan fingerprint density at radius 2 is 1.89 bits per heavy atom. The predicted octanol–water partition coefficient (Wildman–Crippen LogP) is 3.44. The molecule has 3 heteroatoms. The van der Waals surface area contributed by atoms with Gasteiger partial charge in [-0.15, -0.1) is 0 Å². The van der Waals surface area contributed by atoms with E-state index in [1.54, 1.807) is 0 Å². The molecule has 0 fully saturated rings. The van der Waals surface area contributed by atoms with Crippen molar-refractivity contribution in [3.63, 3.8) is 0 Å². The van der Waals surface area contributed by atoms with Gasteiger partial charge in [0.2, 0.25) is 5.91 Å². The Balaban J connectivity index is 2.25. The highest BCUT2D eigenvalue weighted by molar-refractivity contribution is 5.97. The van der Waals surface area contributed by atoms with Crippen LogP contribution in [-0.2, 0) is 4.79 Å². The number of amides is 1. The minimum atomic E-state index is 0.262. The molecule has 1 aromatic rings. The maximum absolute atomic E-state index is 12.3. The predicted molar refractivity (Wildman–Crippen MR) is 80.8 cm³/mol. The standard InChI is InChI=1S/C16H24N2O/c1-4-5-10-16(19)18-12-11-17(13(2)3)14-8-6-7-9-15(14)18/h6-9,13H,4-5,10-12H2,1-3H3. The van der Waals surface area contributed by atoms with Gasteiger partial charge in [-0.05, 0) is 32.4 Å². The first kappa shape index (κ1) is 13.9. The second kappa shape index (κ2) is 6.09. The molecule has 1 aliphatic heterocycles. The maximum atomic E-state index is 12.3. The van der Waals surface area contributed by atoms with E-state index in [4.69, 9.17) is 0 Å². The molecule has 0 aromatic heterocycles. The van der Waals surface area contributed by atoms with Crippen LogP contribution in [-0.4, -0.2) is 25.0 Å². The lowest BCUT2D eigenvalue weighted by Gasteiger charge is -2.40. The molecule has 1 aliphatic rings. The third-order valence-electron chi connectivity index (χ3n) is 3.72. The molecule has 1 amide bonds. The van der Waals surface area contributed by atoms with Crippen molar-refractivity contribution >= 4 is 17.3 Å². The average Bonchev–Trinajstić information content (AvgIpc) is 2.43. The van der Waals surface area contributed by atoms with Crippen LogP contribution in [0, 0.1) is 0 Å². The van der Waals surface area contributed by atoms with Crippen LogP contribution in [0.5, 0.6) is 0 Å². The highest BCUT2D eigenvalue weighted by atomic mass is 16.2. The van der Waals surface area contributed by atoms with Gasteiger partial charge in [0, 0.05) is 25.6 Å². The van der Waals surface area contributed by atoms with Crippen LogP contribution in [0.3, 0.4) is 0 Å². The summed E-state index contributed by atoms with van der Waals surface area (Å²) < 4.78 is 0. The zero-order valence-corrected chi connectivity index (χ0v) is 12.2. The number of rotatable bonds is 4. The third-order valence-corrected chi connectivity index (χ3v) is 3.72. The quantitative estimate of drug-likeness (QED) is 0.828. The number of benzene rings is 1. The summed E-state index contributed by atoms with van der Waals surface area (Å²) in [4.78, 5) is 16.6. The summed E-state index contributed by atoms with van der Waals surface area (Å²) in [5.74, 6) is 0.262. The fourth-order valence-electron chi connectivity index (χ4n) is 2.64. The fraction of sp³-hybridized carbons (Fsp3) is 0.562. The van der Waals surface area contributed by atoms with Gasteiger partial charge in [0.1, 0.15) is 0 Å². The summed E-state index contributed by atoms with van der Waals surface area (Å²) in [5.41, 5.74) is 2.26. The summed E-state index contributed by atoms with van der Waals surface area (Å²) in [6.45, 7) is 8.25. The van der Waals surface area contributed by atoms with Crippen molar-refractivity contribution in [3.8, 4) is 0 Å². The first-order valence-electron chi connectivity index (χ1n) is 7.31. The number of hydrogen-bond acceptors (Lipinski definition) is 2. The van der Waals surface area contributed by atoms with Crippen molar-refractivity contribution in [1.29, 1.82) is 0 Å². The topological polar surface area (TPSA) is 23.6 Å². The van der Waals surface area contributed by atoms with E-state index in [-0.39, 0.29) is 5.91 Å². The highest BCUT2D eigenvalue weighted by Crippen LogP contribution is 2.34. The number of unbranched alkanes of at least 4 members (excludes halogenated alkanes) is 1. The van der Waals surface area contributed by atoms with Gasteiger partial charge in [-0.2, -0.15) is 0 Å². The van der Waals surface area contributed by atoms with Crippen LogP contribution in [0.1, 0.15) is 40.0 Å². The minimum Gasteiger partial charge on any atom is -0.366 e. The van der Waals surface area contributed by atoms with Gasteiger partial charge < -0.3 is 9.80 Å². The molecule has 3 nitrogen and oxygen atoms in total. The van der Waals surface area contributed by atoms with Crippen molar-refractivity contribution in [1.82, 2.24) is 0 Å². The molecule has 2 rings (SSSR count). The van der Waals surface area contributed by atoms with Crippen LogP contribution in [0.25, 0.3) is 0 Å². The van der Waals surface area contributed by atoms with E-state index in [0.717, 1.165) is 31.6 Å². The smallest absolute Gasteiger partial charge is 0.227 e. The fourth-order valence-corrected chi connectivity index (χ4v) is 2.64. The Morgan fingerprint density at radius 1 is 1.21 bits per heavy atom. The summed E-state index contributed by atoms with van der Waals surface area (Å²) >= 11 is 0. The van der Waals surface area contributed by atoms with Crippen LogP contribution < -0.4 is 9.80 Å². The maximum Gasteiger partial charge on any atom is 0.227 e. The number of carbonyl (C=O) groups is 1. The normalized spacial score (nSPS) is 14.7. The summed E-state index contributed by atoms with van der Waals surface area (Å²) in [7, 11) is 0. The second-order valence-electron chi connectivity index (χ2n) is 5.42. The first-order valence-corrected chi connectivity index (χ1v) is 7.31. The Hall–Kier alpha value is -1.51. The highest BCUT2D eigenvalue weighted by Gasteiger charge is 2.26. The summed E-state index contributed by atoms with van der Waals surface area (Å²) in [6.07, 6.45) is 2.71. The van der Waals surface area contributed by atoms with Gasteiger partial charge in [-0.3, -0.25) is 4.79 Å². The zero-order chi connectivity index (χ0) is 13.8. The van der Waals surface area contributed by atoms with E-state index in [1.165, 1.54) is 5.69 Å². The van der Waals surface area contributed by atoms with Crippen molar-refractivity contribution in [2.24, 2.45) is 0 Å². The van der Waals surface area contributed by atoms with Crippen molar-refractivity contribution in [3.05, 3.63) is 24.3 Å². The summed E-state index contributed by atoms with van der Waals surface area (Å²) in [6, 6.07) is 8.72. The van der Waals surface area contributed by atoms with Crippen LogP contribution in [0.2, 0.25) is 0 Å². The van der Waals surface area contributed by atoms with E-state index in [0.29, 0.717) is 12.5 Å². The molecular formula is C16H24N2O. The molecule has 0 radical (unpaired) electrons. The van der Waals surface area contributed by atoms with E-state index >= 15 is 0 Å². The Morgan fingerprint density at radius 3 is 2.53 bits per heavy atom. The number of para-hydroxylation sites is 2. The lowest BCUT2D eigenvalue weighted by Crippen LogP contribution is -2.46. The molecule has 1 aromatic carbocycles. The number of hydrogen-bond donors (Lipinski definition) is 0. The zero-order valence-electron chi connectivity index (χ0n) is 12.2. The molecule has 0 spiro atoms. The SMILES string of the molecule is CCCCC(=O)N1CCN(C(C)C)c2ccccc21. The molecule has 0 aliphatic carbocycles. The van der Waals surface area contributed by atoms with Gasteiger partial charge in [0.05, 0.1) is 11.4 Å². The van der Waals surface area contributed by atoms with E-state index in [2.05, 4.69) is 37.8 Å². The van der Waals surface area contributed by atoms with Crippen molar-refractivity contribution in [2.45, 2.75) is 46.1 Å². The molecule has 0 unspecified atom stereocenters. The first-order chi connectivity index (χ1) is 9.15. The molecule has 0 saturated carbocycles. The van der Waals surface area contributed by atoms with Crippen LogP contribution >= 0.6 is 0 Å².